The molecule has 102 valence electrons. The second-order valence-electron chi connectivity index (χ2n) is 5.69. The van der Waals surface area contributed by atoms with Gasteiger partial charge in [0.25, 0.3) is 0 Å². The van der Waals surface area contributed by atoms with Crippen LogP contribution < -0.4 is 5.32 Å². The molecule has 2 rings (SSSR count). The van der Waals surface area contributed by atoms with Crippen molar-refractivity contribution in [1.29, 1.82) is 0 Å². The quantitative estimate of drug-likeness (QED) is 0.860. The molecule has 0 spiro atoms. The molecular formula is C14H24ClN3. The SMILES string of the molecule is CCCNC(C)C1(Cc2c(C)nn(C)c2Cl)CC1. The van der Waals surface area contributed by atoms with Crippen molar-refractivity contribution in [1.82, 2.24) is 15.1 Å². The van der Waals surface area contributed by atoms with Gasteiger partial charge in [-0.15, -0.1) is 0 Å². The fraction of sp³-hybridized carbons (Fsp3) is 0.786. The van der Waals surface area contributed by atoms with Gasteiger partial charge in [-0.05, 0) is 51.5 Å². The number of hydrogen-bond donors (Lipinski definition) is 1. The van der Waals surface area contributed by atoms with Gasteiger partial charge in [0.15, 0.2) is 0 Å². The van der Waals surface area contributed by atoms with Crippen LogP contribution >= 0.6 is 11.6 Å². The molecule has 0 radical (unpaired) electrons. The topological polar surface area (TPSA) is 29.9 Å². The third-order valence-corrected chi connectivity index (χ3v) is 4.78. The van der Waals surface area contributed by atoms with E-state index < -0.39 is 0 Å². The van der Waals surface area contributed by atoms with Crippen molar-refractivity contribution < 1.29 is 0 Å². The Labute approximate surface area is 115 Å². The Bertz CT molecular complexity index is 421. The second kappa shape index (κ2) is 5.22. The standard InChI is InChI=1S/C14H24ClN3/c1-5-8-16-11(3)14(6-7-14)9-12-10(2)17-18(4)13(12)15/h11,16H,5-9H2,1-4H3. The highest BCUT2D eigenvalue weighted by molar-refractivity contribution is 6.30. The Morgan fingerprint density at radius 1 is 1.50 bits per heavy atom. The van der Waals surface area contributed by atoms with Crippen LogP contribution in [0.3, 0.4) is 0 Å². The van der Waals surface area contributed by atoms with Crippen LogP contribution in [-0.2, 0) is 13.5 Å². The summed E-state index contributed by atoms with van der Waals surface area (Å²) in [5, 5.41) is 8.85. The maximum atomic E-state index is 6.34. The van der Waals surface area contributed by atoms with Crippen molar-refractivity contribution in [2.45, 2.75) is 52.5 Å². The average molecular weight is 270 g/mol. The number of nitrogens with zero attached hydrogens (tertiary/aromatic N) is 2. The molecule has 1 aliphatic carbocycles. The van der Waals surface area contributed by atoms with Crippen LogP contribution in [0.1, 0.15) is 44.4 Å². The molecule has 1 aromatic rings. The molecule has 3 nitrogen and oxygen atoms in total. The lowest BCUT2D eigenvalue weighted by atomic mass is 9.90. The molecule has 0 amide bonds. The molecule has 1 N–H and O–H groups in total. The van der Waals surface area contributed by atoms with Crippen molar-refractivity contribution in [2.75, 3.05) is 6.54 Å². The van der Waals surface area contributed by atoms with E-state index in [4.69, 9.17) is 11.6 Å². The predicted octanol–water partition coefficient (Wildman–Crippen LogP) is 3.09. The third kappa shape index (κ3) is 2.57. The maximum Gasteiger partial charge on any atom is 0.130 e. The molecule has 0 aliphatic heterocycles. The Balaban J connectivity index is 2.08. The molecular weight excluding hydrogens is 246 g/mol. The number of aryl methyl sites for hydroxylation is 2. The summed E-state index contributed by atoms with van der Waals surface area (Å²) in [4.78, 5) is 0. The summed E-state index contributed by atoms with van der Waals surface area (Å²) in [6.07, 6.45) is 4.85. The zero-order valence-corrected chi connectivity index (χ0v) is 12.6. The van der Waals surface area contributed by atoms with E-state index in [1.54, 1.807) is 4.68 Å². The fourth-order valence-electron chi connectivity index (χ4n) is 2.73. The molecule has 0 saturated heterocycles. The predicted molar refractivity (Wildman–Crippen MR) is 76.1 cm³/mol. The zero-order valence-electron chi connectivity index (χ0n) is 11.9. The van der Waals surface area contributed by atoms with Crippen molar-refractivity contribution in [3.8, 4) is 0 Å². The lowest BCUT2D eigenvalue weighted by Crippen LogP contribution is -2.36. The van der Waals surface area contributed by atoms with Gasteiger partial charge < -0.3 is 5.32 Å². The largest absolute Gasteiger partial charge is 0.314 e. The monoisotopic (exact) mass is 269 g/mol. The first-order chi connectivity index (χ1) is 8.50. The van der Waals surface area contributed by atoms with Gasteiger partial charge in [-0.1, -0.05) is 18.5 Å². The van der Waals surface area contributed by atoms with Gasteiger partial charge in [-0.25, -0.2) is 0 Å². The molecule has 1 unspecified atom stereocenters. The summed E-state index contributed by atoms with van der Waals surface area (Å²) in [6, 6.07) is 0.563. The van der Waals surface area contributed by atoms with E-state index in [1.807, 2.05) is 7.05 Å². The van der Waals surface area contributed by atoms with Crippen molar-refractivity contribution in [3.05, 3.63) is 16.4 Å². The van der Waals surface area contributed by atoms with E-state index in [1.165, 1.54) is 24.8 Å². The summed E-state index contributed by atoms with van der Waals surface area (Å²) in [7, 11) is 1.91. The lowest BCUT2D eigenvalue weighted by Gasteiger charge is -2.24. The van der Waals surface area contributed by atoms with Crippen LogP contribution in [0.2, 0.25) is 5.15 Å². The Kier molecular flexibility index (Phi) is 4.02. The summed E-state index contributed by atoms with van der Waals surface area (Å²) in [5.74, 6) is 0. The van der Waals surface area contributed by atoms with E-state index in [2.05, 4.69) is 31.2 Å². The van der Waals surface area contributed by atoms with Crippen LogP contribution in [0.15, 0.2) is 0 Å². The number of hydrogen-bond acceptors (Lipinski definition) is 2. The zero-order chi connectivity index (χ0) is 13.3. The van der Waals surface area contributed by atoms with E-state index in [9.17, 15) is 0 Å². The first-order valence-electron chi connectivity index (χ1n) is 6.91. The number of halogens is 1. The fourth-order valence-corrected chi connectivity index (χ4v) is 2.97. The first kappa shape index (κ1) is 13.9. The van der Waals surface area contributed by atoms with Crippen LogP contribution in [0.4, 0.5) is 0 Å². The highest BCUT2D eigenvalue weighted by Gasteiger charge is 2.47. The molecule has 1 aliphatic rings. The molecule has 1 heterocycles. The van der Waals surface area contributed by atoms with Crippen molar-refractivity contribution >= 4 is 11.6 Å². The van der Waals surface area contributed by atoms with Crippen LogP contribution in [0.25, 0.3) is 0 Å². The van der Waals surface area contributed by atoms with Crippen molar-refractivity contribution in [2.24, 2.45) is 12.5 Å². The van der Waals surface area contributed by atoms with Gasteiger partial charge in [0.05, 0.1) is 5.69 Å². The van der Waals surface area contributed by atoms with Gasteiger partial charge in [-0.2, -0.15) is 5.10 Å². The Morgan fingerprint density at radius 2 is 2.17 bits per heavy atom. The summed E-state index contributed by atoms with van der Waals surface area (Å²) in [6.45, 7) is 7.67. The van der Waals surface area contributed by atoms with Crippen LogP contribution in [0, 0.1) is 12.3 Å². The summed E-state index contributed by atoms with van der Waals surface area (Å²) in [5.41, 5.74) is 2.73. The molecule has 1 atom stereocenters. The summed E-state index contributed by atoms with van der Waals surface area (Å²) >= 11 is 6.34. The van der Waals surface area contributed by atoms with Crippen LogP contribution in [0.5, 0.6) is 0 Å². The number of rotatable bonds is 6. The third-order valence-electron chi connectivity index (χ3n) is 4.31. The number of aromatic nitrogens is 2. The van der Waals surface area contributed by atoms with Gasteiger partial charge in [0.2, 0.25) is 0 Å². The van der Waals surface area contributed by atoms with Crippen molar-refractivity contribution in [3.63, 3.8) is 0 Å². The molecule has 1 aromatic heterocycles. The number of nitrogens with one attached hydrogen (secondary N) is 1. The molecule has 18 heavy (non-hydrogen) atoms. The average Bonchev–Trinajstić information content (AvgIpc) is 3.08. The van der Waals surface area contributed by atoms with E-state index >= 15 is 0 Å². The highest BCUT2D eigenvalue weighted by atomic mass is 35.5. The molecule has 0 bridgehead atoms. The second-order valence-corrected chi connectivity index (χ2v) is 6.05. The smallest absolute Gasteiger partial charge is 0.130 e. The van der Waals surface area contributed by atoms with Gasteiger partial charge in [-0.3, -0.25) is 4.68 Å². The minimum Gasteiger partial charge on any atom is -0.314 e. The molecule has 0 aromatic carbocycles. The van der Waals surface area contributed by atoms with Crippen LogP contribution in [-0.4, -0.2) is 22.4 Å². The van der Waals surface area contributed by atoms with Gasteiger partial charge in [0, 0.05) is 18.7 Å². The molecule has 1 fully saturated rings. The van der Waals surface area contributed by atoms with Gasteiger partial charge >= 0.3 is 0 Å². The van der Waals surface area contributed by atoms with Gasteiger partial charge in [0.1, 0.15) is 5.15 Å². The van der Waals surface area contributed by atoms with E-state index in [-0.39, 0.29) is 0 Å². The summed E-state index contributed by atoms with van der Waals surface area (Å²) < 4.78 is 1.78. The van der Waals surface area contributed by atoms with E-state index in [0.29, 0.717) is 11.5 Å². The first-order valence-corrected chi connectivity index (χ1v) is 7.29. The maximum absolute atomic E-state index is 6.34. The minimum atomic E-state index is 0.409. The minimum absolute atomic E-state index is 0.409. The highest BCUT2D eigenvalue weighted by Crippen LogP contribution is 2.52. The lowest BCUT2D eigenvalue weighted by molar-refractivity contribution is 0.350. The Morgan fingerprint density at radius 3 is 2.61 bits per heavy atom. The molecule has 4 heteroatoms. The normalized spacial score (nSPS) is 18.9. The van der Waals surface area contributed by atoms with E-state index in [0.717, 1.165) is 23.8 Å². The molecule has 1 saturated carbocycles. The Hall–Kier alpha value is -0.540.